The van der Waals surface area contributed by atoms with Crippen LogP contribution >= 0.6 is 0 Å². The molecule has 20 heavy (non-hydrogen) atoms. The van der Waals surface area contributed by atoms with Crippen molar-refractivity contribution in [2.45, 2.75) is 38.6 Å². The molecule has 5 heteroatoms. The van der Waals surface area contributed by atoms with Crippen molar-refractivity contribution in [3.63, 3.8) is 0 Å². The topological polar surface area (TPSA) is 61.7 Å². The summed E-state index contributed by atoms with van der Waals surface area (Å²) in [7, 11) is 2.02. The predicted molar refractivity (Wildman–Crippen MR) is 77.1 cm³/mol. The molecule has 5 nitrogen and oxygen atoms in total. The van der Waals surface area contributed by atoms with Gasteiger partial charge in [0.1, 0.15) is 5.52 Å². The molecule has 0 saturated heterocycles. The second kappa shape index (κ2) is 3.38. The second-order valence-electron chi connectivity index (χ2n) is 6.91. The average Bonchev–Trinajstić information content (AvgIpc) is 2.81. The fourth-order valence-electron chi connectivity index (χ4n) is 5.38. The minimum Gasteiger partial charge on any atom is -0.369 e. The third kappa shape index (κ3) is 1.12. The van der Waals surface area contributed by atoms with E-state index in [9.17, 15) is 0 Å². The van der Waals surface area contributed by atoms with Crippen molar-refractivity contribution >= 4 is 17.1 Å². The first-order chi connectivity index (χ1) is 9.70. The normalized spacial score (nSPS) is 37.8. The third-order valence-corrected chi connectivity index (χ3v) is 6.09. The Kier molecular flexibility index (Phi) is 1.89. The Hall–Kier alpha value is -1.52. The number of hydrogen-bond acceptors (Lipinski definition) is 3. The van der Waals surface area contributed by atoms with Gasteiger partial charge in [-0.25, -0.2) is 4.98 Å². The quantitative estimate of drug-likeness (QED) is 0.910. The molecule has 3 aliphatic rings. The van der Waals surface area contributed by atoms with Crippen molar-refractivity contribution in [2.75, 3.05) is 5.73 Å². The third-order valence-electron chi connectivity index (χ3n) is 6.09. The highest BCUT2D eigenvalue weighted by molar-refractivity contribution is 5.78. The van der Waals surface area contributed by atoms with Gasteiger partial charge >= 0.3 is 0 Å². The highest BCUT2D eigenvalue weighted by Crippen LogP contribution is 2.72. The van der Waals surface area contributed by atoms with Gasteiger partial charge in [0.25, 0.3) is 0 Å². The van der Waals surface area contributed by atoms with Crippen LogP contribution in [-0.4, -0.2) is 19.3 Å². The van der Waals surface area contributed by atoms with Crippen LogP contribution in [0.25, 0.3) is 11.2 Å². The van der Waals surface area contributed by atoms with Crippen molar-refractivity contribution in [1.29, 1.82) is 0 Å². The van der Waals surface area contributed by atoms with Gasteiger partial charge in [0, 0.05) is 13.1 Å². The molecule has 2 N–H and O–H groups in total. The van der Waals surface area contributed by atoms with Gasteiger partial charge < -0.3 is 5.73 Å². The Bertz CT molecular complexity index is 695. The van der Waals surface area contributed by atoms with Gasteiger partial charge in [-0.1, -0.05) is 6.92 Å². The molecule has 4 unspecified atom stereocenters. The maximum atomic E-state index is 6.26. The molecule has 3 saturated carbocycles. The summed E-state index contributed by atoms with van der Waals surface area (Å²) in [6.07, 6.45) is 5.25. The van der Waals surface area contributed by atoms with Crippen LogP contribution in [0, 0.1) is 23.7 Å². The zero-order valence-corrected chi connectivity index (χ0v) is 12.1. The SMILES string of the molecule is CCc1nn(C)c2c1nc(N)n2C1C2C3CCC(C3)C21. The summed E-state index contributed by atoms with van der Waals surface area (Å²) in [5.41, 5.74) is 9.48. The Balaban J connectivity index is 1.67. The Morgan fingerprint density at radius 2 is 1.95 bits per heavy atom. The van der Waals surface area contributed by atoms with Gasteiger partial charge in [0.05, 0.1) is 5.69 Å². The van der Waals surface area contributed by atoms with Gasteiger partial charge in [0.2, 0.25) is 5.95 Å². The number of fused-ring (bicyclic) bond motifs is 6. The molecule has 106 valence electrons. The van der Waals surface area contributed by atoms with Crippen LogP contribution in [0.15, 0.2) is 0 Å². The molecule has 0 aromatic carbocycles. The smallest absolute Gasteiger partial charge is 0.202 e. The lowest BCUT2D eigenvalue weighted by Crippen LogP contribution is -2.10. The number of aromatic nitrogens is 4. The van der Waals surface area contributed by atoms with Crippen molar-refractivity contribution in [2.24, 2.45) is 30.7 Å². The molecule has 2 heterocycles. The van der Waals surface area contributed by atoms with Gasteiger partial charge in [-0.2, -0.15) is 5.10 Å². The zero-order valence-electron chi connectivity index (χ0n) is 12.1. The number of nitrogen functional groups attached to an aromatic ring is 1. The largest absolute Gasteiger partial charge is 0.369 e. The summed E-state index contributed by atoms with van der Waals surface area (Å²) < 4.78 is 4.29. The summed E-state index contributed by atoms with van der Waals surface area (Å²) in [5.74, 6) is 4.33. The summed E-state index contributed by atoms with van der Waals surface area (Å²) >= 11 is 0. The van der Waals surface area contributed by atoms with Crippen molar-refractivity contribution in [3.8, 4) is 0 Å². The molecule has 2 aromatic rings. The van der Waals surface area contributed by atoms with Crippen molar-refractivity contribution in [3.05, 3.63) is 5.69 Å². The van der Waals surface area contributed by atoms with Crippen LogP contribution in [-0.2, 0) is 13.5 Å². The molecule has 0 radical (unpaired) electrons. The average molecular weight is 271 g/mol. The van der Waals surface area contributed by atoms with E-state index in [0.29, 0.717) is 12.0 Å². The van der Waals surface area contributed by atoms with Gasteiger partial charge in [-0.05, 0) is 49.4 Å². The standard InChI is InChI=1S/C15H21N5/c1-3-9-12-14(19(2)18-9)20(15(16)17-12)13-10-7-4-5-8(6-7)11(10)13/h7-8,10-11,13H,3-6H2,1-2H3,(H2,16,17). The number of aryl methyl sites for hydroxylation is 2. The van der Waals surface area contributed by atoms with Gasteiger partial charge in [-0.3, -0.25) is 9.25 Å². The summed E-state index contributed by atoms with van der Waals surface area (Å²) in [6, 6.07) is 0.603. The molecule has 2 aromatic heterocycles. The lowest BCUT2D eigenvalue weighted by atomic mass is 10.0. The number of anilines is 1. The molecule has 0 amide bonds. The monoisotopic (exact) mass is 271 g/mol. The van der Waals surface area contributed by atoms with E-state index in [0.717, 1.165) is 47.0 Å². The van der Waals surface area contributed by atoms with E-state index < -0.39 is 0 Å². The molecule has 4 atom stereocenters. The van der Waals surface area contributed by atoms with Crippen molar-refractivity contribution in [1.82, 2.24) is 19.3 Å². The zero-order chi connectivity index (χ0) is 13.6. The van der Waals surface area contributed by atoms with E-state index in [2.05, 4.69) is 21.6 Å². The van der Waals surface area contributed by atoms with Gasteiger partial charge in [-0.15, -0.1) is 0 Å². The maximum Gasteiger partial charge on any atom is 0.202 e. The molecule has 5 rings (SSSR count). The molecular formula is C15H21N5. The fourth-order valence-corrected chi connectivity index (χ4v) is 5.38. The second-order valence-corrected chi connectivity index (χ2v) is 6.91. The van der Waals surface area contributed by atoms with E-state index in [1.165, 1.54) is 19.3 Å². The summed E-state index contributed by atoms with van der Waals surface area (Å²) in [6.45, 7) is 2.13. The lowest BCUT2D eigenvalue weighted by molar-refractivity contribution is 0.456. The minimum atomic E-state index is 0.603. The lowest BCUT2D eigenvalue weighted by Gasteiger charge is -2.12. The van der Waals surface area contributed by atoms with Crippen LogP contribution < -0.4 is 5.73 Å². The minimum absolute atomic E-state index is 0.603. The van der Waals surface area contributed by atoms with Crippen LogP contribution in [0.3, 0.4) is 0 Å². The Morgan fingerprint density at radius 3 is 2.60 bits per heavy atom. The highest BCUT2D eigenvalue weighted by Gasteiger charge is 2.66. The molecule has 2 bridgehead atoms. The number of nitrogens with two attached hydrogens (primary N) is 1. The molecule has 0 aliphatic heterocycles. The Labute approximate surface area is 118 Å². The molecule has 0 spiro atoms. The van der Waals surface area contributed by atoms with Crippen molar-refractivity contribution < 1.29 is 0 Å². The first kappa shape index (κ1) is 11.2. The summed E-state index contributed by atoms with van der Waals surface area (Å²) in [5, 5.41) is 4.61. The maximum absolute atomic E-state index is 6.26. The molecule has 3 fully saturated rings. The van der Waals surface area contributed by atoms with Crippen LogP contribution in [0.2, 0.25) is 0 Å². The van der Waals surface area contributed by atoms with E-state index >= 15 is 0 Å². The van der Waals surface area contributed by atoms with E-state index in [1.54, 1.807) is 0 Å². The number of imidazole rings is 1. The van der Waals surface area contributed by atoms with E-state index in [-0.39, 0.29) is 0 Å². The number of hydrogen-bond donors (Lipinski definition) is 1. The first-order valence-electron chi connectivity index (χ1n) is 7.90. The molecule has 3 aliphatic carbocycles. The van der Waals surface area contributed by atoms with E-state index in [1.807, 2.05) is 11.7 Å². The Morgan fingerprint density at radius 1 is 1.25 bits per heavy atom. The van der Waals surface area contributed by atoms with Gasteiger partial charge in [0.15, 0.2) is 5.65 Å². The van der Waals surface area contributed by atoms with Crippen LogP contribution in [0.5, 0.6) is 0 Å². The fraction of sp³-hybridized carbons (Fsp3) is 0.733. The number of rotatable bonds is 2. The van der Waals surface area contributed by atoms with Crippen LogP contribution in [0.1, 0.15) is 37.9 Å². The van der Waals surface area contributed by atoms with Crippen LogP contribution in [0.4, 0.5) is 5.95 Å². The highest BCUT2D eigenvalue weighted by atomic mass is 15.4. The molecular weight excluding hydrogens is 250 g/mol. The first-order valence-corrected chi connectivity index (χ1v) is 7.90. The van der Waals surface area contributed by atoms with E-state index in [4.69, 9.17) is 5.73 Å². The number of nitrogens with zero attached hydrogens (tertiary/aromatic N) is 4. The predicted octanol–water partition coefficient (Wildman–Crippen LogP) is 2.13. The summed E-state index contributed by atoms with van der Waals surface area (Å²) in [4.78, 5) is 4.62.